The van der Waals surface area contributed by atoms with Crippen LogP contribution < -0.4 is 5.73 Å². The molecule has 0 aliphatic heterocycles. The van der Waals surface area contributed by atoms with Crippen LogP contribution in [0.15, 0.2) is 18.2 Å². The second-order valence-electron chi connectivity index (χ2n) is 4.74. The van der Waals surface area contributed by atoms with Gasteiger partial charge in [0.15, 0.2) is 0 Å². The van der Waals surface area contributed by atoms with E-state index in [1.165, 1.54) is 11.1 Å². The Bertz CT molecular complexity index is 331. The van der Waals surface area contributed by atoms with Gasteiger partial charge in [-0.1, -0.05) is 31.5 Å². The van der Waals surface area contributed by atoms with Gasteiger partial charge in [0, 0.05) is 5.02 Å². The minimum atomic E-state index is 0.161. The number of hydrogen-bond donors (Lipinski definition) is 1. The van der Waals surface area contributed by atoms with Crippen molar-refractivity contribution in [2.75, 3.05) is 6.54 Å². The molecule has 1 rings (SSSR count). The Kier molecular flexibility index (Phi) is 4.18. The highest BCUT2D eigenvalue weighted by Gasteiger charge is 2.21. The highest BCUT2D eigenvalue weighted by atomic mass is 35.5. The zero-order chi connectivity index (χ0) is 11.5. The third-order valence-corrected chi connectivity index (χ3v) is 3.17. The van der Waals surface area contributed by atoms with Gasteiger partial charge in [-0.15, -0.1) is 0 Å². The van der Waals surface area contributed by atoms with Crippen molar-refractivity contribution in [1.29, 1.82) is 0 Å². The van der Waals surface area contributed by atoms with E-state index in [4.69, 9.17) is 17.3 Å². The van der Waals surface area contributed by atoms with Gasteiger partial charge in [-0.3, -0.25) is 0 Å². The van der Waals surface area contributed by atoms with Gasteiger partial charge in [-0.2, -0.15) is 0 Å². The van der Waals surface area contributed by atoms with Gasteiger partial charge < -0.3 is 5.73 Å². The van der Waals surface area contributed by atoms with Crippen LogP contribution in [0.4, 0.5) is 0 Å². The molecule has 0 bridgehead atoms. The summed E-state index contributed by atoms with van der Waals surface area (Å²) in [6.45, 7) is 7.39. The molecule has 0 spiro atoms. The number of benzene rings is 1. The fourth-order valence-corrected chi connectivity index (χ4v) is 2.17. The Morgan fingerprint density at radius 1 is 1.33 bits per heavy atom. The summed E-state index contributed by atoms with van der Waals surface area (Å²) in [4.78, 5) is 0. The van der Waals surface area contributed by atoms with Crippen molar-refractivity contribution >= 4 is 11.6 Å². The lowest BCUT2D eigenvalue weighted by Crippen LogP contribution is -2.20. The summed E-state index contributed by atoms with van der Waals surface area (Å²) < 4.78 is 0. The zero-order valence-corrected chi connectivity index (χ0v) is 10.6. The Hall–Kier alpha value is -0.530. The van der Waals surface area contributed by atoms with Crippen molar-refractivity contribution in [2.24, 2.45) is 5.73 Å². The number of hydrogen-bond acceptors (Lipinski definition) is 1. The average molecular weight is 226 g/mol. The highest BCUT2D eigenvalue weighted by Crippen LogP contribution is 2.32. The first-order valence-electron chi connectivity index (χ1n) is 5.44. The van der Waals surface area contributed by atoms with Gasteiger partial charge in [0.1, 0.15) is 0 Å². The molecular weight excluding hydrogens is 206 g/mol. The molecule has 0 radical (unpaired) electrons. The van der Waals surface area contributed by atoms with Crippen molar-refractivity contribution in [1.82, 2.24) is 0 Å². The molecule has 15 heavy (non-hydrogen) atoms. The van der Waals surface area contributed by atoms with Crippen LogP contribution in [0.1, 0.15) is 37.8 Å². The predicted molar refractivity (Wildman–Crippen MR) is 67.5 cm³/mol. The van der Waals surface area contributed by atoms with Crippen LogP contribution in [0.3, 0.4) is 0 Å². The van der Waals surface area contributed by atoms with Gasteiger partial charge in [-0.05, 0) is 55.0 Å². The summed E-state index contributed by atoms with van der Waals surface area (Å²) in [5.74, 6) is 0. The maximum atomic E-state index is 6.03. The maximum absolute atomic E-state index is 6.03. The van der Waals surface area contributed by atoms with E-state index in [9.17, 15) is 0 Å². The van der Waals surface area contributed by atoms with Crippen LogP contribution in [0, 0.1) is 6.92 Å². The largest absolute Gasteiger partial charge is 0.330 e. The first-order valence-corrected chi connectivity index (χ1v) is 5.82. The first-order chi connectivity index (χ1) is 6.97. The van der Waals surface area contributed by atoms with Crippen LogP contribution >= 0.6 is 11.6 Å². The summed E-state index contributed by atoms with van der Waals surface area (Å²) in [5, 5.41) is 0.816. The molecule has 0 aromatic heterocycles. The van der Waals surface area contributed by atoms with Crippen LogP contribution in [0.2, 0.25) is 5.02 Å². The lowest BCUT2D eigenvalue weighted by Gasteiger charge is -2.27. The number of aryl methyl sites for hydroxylation is 1. The quantitative estimate of drug-likeness (QED) is 0.832. The number of rotatable bonds is 4. The third kappa shape index (κ3) is 3.22. The number of nitrogens with two attached hydrogens (primary N) is 1. The molecule has 0 saturated heterocycles. The Balaban J connectivity index is 2.97. The fraction of sp³-hybridized carbons (Fsp3) is 0.538. The van der Waals surface area contributed by atoms with E-state index >= 15 is 0 Å². The summed E-state index contributed by atoms with van der Waals surface area (Å²) >= 11 is 6.03. The topological polar surface area (TPSA) is 26.0 Å². The summed E-state index contributed by atoms with van der Waals surface area (Å²) in [6.07, 6.45) is 2.16. The Morgan fingerprint density at radius 3 is 2.60 bits per heavy atom. The molecule has 0 aliphatic rings. The average Bonchev–Trinajstić information content (AvgIpc) is 2.18. The van der Waals surface area contributed by atoms with E-state index in [1.54, 1.807) is 0 Å². The molecule has 0 saturated carbocycles. The Labute approximate surface area is 97.6 Å². The summed E-state index contributed by atoms with van der Waals surface area (Å²) in [7, 11) is 0. The van der Waals surface area contributed by atoms with Crippen LogP contribution in [0.5, 0.6) is 0 Å². The zero-order valence-electron chi connectivity index (χ0n) is 9.81. The number of halogens is 1. The second-order valence-corrected chi connectivity index (χ2v) is 5.17. The van der Waals surface area contributed by atoms with Crippen LogP contribution in [-0.2, 0) is 5.41 Å². The lowest BCUT2D eigenvalue weighted by molar-refractivity contribution is 0.462. The molecule has 2 heteroatoms. The van der Waals surface area contributed by atoms with Crippen molar-refractivity contribution < 1.29 is 0 Å². The first kappa shape index (κ1) is 12.5. The predicted octanol–water partition coefficient (Wildman–Crippen LogP) is 3.66. The van der Waals surface area contributed by atoms with Gasteiger partial charge in [0.2, 0.25) is 0 Å². The molecule has 0 aliphatic carbocycles. The monoisotopic (exact) mass is 225 g/mol. The lowest BCUT2D eigenvalue weighted by atomic mass is 9.78. The smallest absolute Gasteiger partial charge is 0.0409 e. The normalized spacial score (nSPS) is 11.8. The van der Waals surface area contributed by atoms with Crippen LogP contribution in [-0.4, -0.2) is 6.54 Å². The summed E-state index contributed by atoms with van der Waals surface area (Å²) in [5.41, 5.74) is 8.36. The minimum absolute atomic E-state index is 0.161. The maximum Gasteiger partial charge on any atom is 0.0409 e. The third-order valence-electron chi connectivity index (χ3n) is 2.93. The van der Waals surface area contributed by atoms with E-state index < -0.39 is 0 Å². The van der Waals surface area contributed by atoms with Crippen molar-refractivity contribution in [3.8, 4) is 0 Å². The van der Waals surface area contributed by atoms with Gasteiger partial charge in [0.25, 0.3) is 0 Å². The van der Waals surface area contributed by atoms with Crippen molar-refractivity contribution in [3.63, 3.8) is 0 Å². The molecule has 0 atom stereocenters. The SMILES string of the molecule is Cc1ccc(Cl)cc1C(C)(C)CCCN. The standard InChI is InChI=1S/C13H20ClN/c1-10-5-6-11(14)9-12(10)13(2,3)7-4-8-15/h5-6,9H,4,7-8,15H2,1-3H3. The van der Waals surface area contributed by atoms with E-state index in [0.29, 0.717) is 0 Å². The molecule has 1 nitrogen and oxygen atoms in total. The molecule has 2 N–H and O–H groups in total. The molecule has 0 amide bonds. The second kappa shape index (κ2) is 5.00. The van der Waals surface area contributed by atoms with E-state index in [0.717, 1.165) is 24.4 Å². The molecular formula is C13H20ClN. The van der Waals surface area contributed by atoms with Crippen molar-refractivity contribution in [3.05, 3.63) is 34.3 Å². The fourth-order valence-electron chi connectivity index (χ4n) is 2.00. The van der Waals surface area contributed by atoms with E-state index in [1.807, 2.05) is 6.07 Å². The highest BCUT2D eigenvalue weighted by molar-refractivity contribution is 6.30. The summed E-state index contributed by atoms with van der Waals surface area (Å²) in [6, 6.07) is 6.11. The van der Waals surface area contributed by atoms with Crippen molar-refractivity contribution in [2.45, 2.75) is 39.0 Å². The minimum Gasteiger partial charge on any atom is -0.330 e. The molecule has 0 unspecified atom stereocenters. The molecule has 0 fully saturated rings. The molecule has 1 aromatic rings. The molecule has 1 aromatic carbocycles. The molecule has 0 heterocycles. The Morgan fingerprint density at radius 2 is 2.00 bits per heavy atom. The van der Waals surface area contributed by atoms with Gasteiger partial charge in [0.05, 0.1) is 0 Å². The van der Waals surface area contributed by atoms with E-state index in [2.05, 4.69) is 32.9 Å². The van der Waals surface area contributed by atoms with Gasteiger partial charge in [-0.25, -0.2) is 0 Å². The van der Waals surface area contributed by atoms with E-state index in [-0.39, 0.29) is 5.41 Å². The molecule has 84 valence electrons. The van der Waals surface area contributed by atoms with Gasteiger partial charge >= 0.3 is 0 Å². The van der Waals surface area contributed by atoms with Crippen LogP contribution in [0.25, 0.3) is 0 Å².